The van der Waals surface area contributed by atoms with Crippen LogP contribution in [0.25, 0.3) is 0 Å². The van der Waals surface area contributed by atoms with E-state index in [0.29, 0.717) is 43.6 Å². The van der Waals surface area contributed by atoms with Crippen LogP contribution in [0.5, 0.6) is 0 Å². The maximum absolute atomic E-state index is 12.8. The van der Waals surface area contributed by atoms with Crippen LogP contribution < -0.4 is 26.6 Å². The van der Waals surface area contributed by atoms with Gasteiger partial charge in [-0.15, -0.1) is 0 Å². The minimum Gasteiger partial charge on any atom is -0.383 e. The fourth-order valence-electron chi connectivity index (χ4n) is 6.73. The van der Waals surface area contributed by atoms with Gasteiger partial charge in [-0.05, 0) is 90.3 Å². The Morgan fingerprint density at radius 3 is 2.26 bits per heavy atom. The number of anilines is 3. The third kappa shape index (κ3) is 12.1. The molecular formula is C31H59N8O3P. The summed E-state index contributed by atoms with van der Waals surface area (Å²) in [7, 11) is -3.02. The number of nitrogen functional groups attached to an aromatic ring is 1. The van der Waals surface area contributed by atoms with Crippen LogP contribution in [0.3, 0.4) is 0 Å². The molecule has 12 heteroatoms. The van der Waals surface area contributed by atoms with Gasteiger partial charge in [-0.3, -0.25) is 9.46 Å². The average molecular weight is 623 g/mol. The summed E-state index contributed by atoms with van der Waals surface area (Å²) in [5.74, 6) is 3.43. The summed E-state index contributed by atoms with van der Waals surface area (Å²) < 4.78 is 23.7. The average Bonchev–Trinajstić information content (AvgIpc) is 3.02. The molecule has 2 saturated carbocycles. The van der Waals surface area contributed by atoms with Crippen molar-refractivity contribution in [1.82, 2.24) is 25.5 Å². The zero-order valence-corrected chi connectivity index (χ0v) is 27.8. The van der Waals surface area contributed by atoms with Gasteiger partial charge in [-0.25, -0.2) is 0 Å². The molecule has 3 aliphatic rings. The highest BCUT2D eigenvalue weighted by molar-refractivity contribution is 7.53. The molecule has 11 nitrogen and oxygen atoms in total. The molecule has 2 aliphatic carbocycles. The smallest absolute Gasteiger partial charge is 0.331 e. The molecule has 0 bridgehead atoms. The zero-order chi connectivity index (χ0) is 30.3. The summed E-state index contributed by atoms with van der Waals surface area (Å²) in [6.07, 6.45) is 13.7. The van der Waals surface area contributed by atoms with Crippen molar-refractivity contribution in [2.75, 3.05) is 94.2 Å². The highest BCUT2D eigenvalue weighted by Gasteiger charge is 2.27. The van der Waals surface area contributed by atoms with Gasteiger partial charge < -0.3 is 35.6 Å². The Morgan fingerprint density at radius 2 is 1.58 bits per heavy atom. The van der Waals surface area contributed by atoms with E-state index in [1.165, 1.54) is 64.2 Å². The number of hydrogen-bond acceptors (Lipinski definition) is 11. The zero-order valence-electron chi connectivity index (χ0n) is 26.9. The normalized spacial score (nSPS) is 22.6. The molecule has 5 N–H and O–H groups in total. The molecule has 1 aromatic heterocycles. The van der Waals surface area contributed by atoms with Gasteiger partial charge in [0.25, 0.3) is 0 Å². The van der Waals surface area contributed by atoms with Gasteiger partial charge in [-0.2, -0.15) is 9.97 Å². The first-order valence-corrected chi connectivity index (χ1v) is 18.9. The van der Waals surface area contributed by atoms with Crippen LogP contribution >= 0.6 is 7.60 Å². The number of aromatic nitrogens is 2. The largest absolute Gasteiger partial charge is 0.383 e. The monoisotopic (exact) mass is 622 g/mol. The van der Waals surface area contributed by atoms with E-state index in [-0.39, 0.29) is 0 Å². The summed E-state index contributed by atoms with van der Waals surface area (Å²) >= 11 is 0. The second kappa shape index (κ2) is 18.5. The molecule has 4 rings (SSSR count). The predicted octanol–water partition coefficient (Wildman–Crippen LogP) is 4.57. The van der Waals surface area contributed by atoms with E-state index < -0.39 is 7.60 Å². The number of nitrogens with two attached hydrogens (primary N) is 1. The molecule has 0 radical (unpaired) electrons. The Morgan fingerprint density at radius 1 is 0.907 bits per heavy atom. The lowest BCUT2D eigenvalue weighted by molar-refractivity contribution is 0.209. The highest BCUT2D eigenvalue weighted by atomic mass is 31.2. The topological polar surface area (TPSA) is 130 Å². The Bertz CT molecular complexity index is 956. The first-order chi connectivity index (χ1) is 21.0. The molecule has 0 unspecified atom stereocenters. The third-order valence-electron chi connectivity index (χ3n) is 9.29. The molecule has 2 heterocycles. The molecule has 0 aromatic carbocycles. The molecule has 246 valence electrons. The summed E-state index contributed by atoms with van der Waals surface area (Å²) in [6, 6.07) is 2.63. The summed E-state index contributed by atoms with van der Waals surface area (Å²) in [4.78, 5) is 13.9. The van der Waals surface area contributed by atoms with Crippen LogP contribution in [0.15, 0.2) is 6.07 Å². The summed E-state index contributed by atoms with van der Waals surface area (Å²) in [5, 5.41) is 11.0. The fourth-order valence-corrected chi connectivity index (χ4v) is 8.37. The lowest BCUT2D eigenvalue weighted by Gasteiger charge is -2.36. The Balaban J connectivity index is 1.10. The number of hydrogen-bond donors (Lipinski definition) is 4. The number of piperazine rings is 1. The maximum atomic E-state index is 12.8. The fraction of sp³-hybridized carbons (Fsp3) is 0.871. The van der Waals surface area contributed by atoms with Crippen molar-refractivity contribution in [3.63, 3.8) is 0 Å². The van der Waals surface area contributed by atoms with Gasteiger partial charge in [-0.1, -0.05) is 19.3 Å². The van der Waals surface area contributed by atoms with Gasteiger partial charge in [0.05, 0.1) is 19.4 Å². The van der Waals surface area contributed by atoms with Gasteiger partial charge in [0, 0.05) is 51.4 Å². The number of rotatable bonds is 18. The molecule has 43 heavy (non-hydrogen) atoms. The minimum atomic E-state index is -3.02. The van der Waals surface area contributed by atoms with Crippen LogP contribution in [0.4, 0.5) is 17.6 Å². The lowest BCUT2D eigenvalue weighted by Crippen LogP contribution is -2.47. The maximum Gasteiger partial charge on any atom is 0.331 e. The van der Waals surface area contributed by atoms with Crippen molar-refractivity contribution >= 4 is 25.2 Å². The van der Waals surface area contributed by atoms with E-state index in [1.807, 2.05) is 19.9 Å². The Labute approximate surface area is 260 Å². The van der Waals surface area contributed by atoms with E-state index in [2.05, 4.69) is 30.7 Å². The molecule has 1 aliphatic heterocycles. The quantitative estimate of drug-likeness (QED) is 0.136. The number of nitrogens with one attached hydrogen (secondary N) is 3. The van der Waals surface area contributed by atoms with E-state index in [9.17, 15) is 4.57 Å². The molecule has 3 fully saturated rings. The summed E-state index contributed by atoms with van der Waals surface area (Å²) in [6.45, 7) is 12.9. The van der Waals surface area contributed by atoms with Crippen LogP contribution in [0.1, 0.15) is 78.1 Å². The molecule has 1 saturated heterocycles. The van der Waals surface area contributed by atoms with E-state index in [0.717, 1.165) is 70.1 Å². The van der Waals surface area contributed by atoms with Crippen molar-refractivity contribution in [2.45, 2.75) is 84.1 Å². The summed E-state index contributed by atoms with van der Waals surface area (Å²) in [5.41, 5.74) is 6.19. The number of nitrogens with zero attached hydrogens (tertiary/aromatic N) is 4. The van der Waals surface area contributed by atoms with Gasteiger partial charge in [0.15, 0.2) is 0 Å². The van der Waals surface area contributed by atoms with E-state index >= 15 is 0 Å². The lowest BCUT2D eigenvalue weighted by atomic mass is 9.82. The molecule has 0 spiro atoms. The molecule has 1 aromatic rings. The van der Waals surface area contributed by atoms with Gasteiger partial charge >= 0.3 is 7.60 Å². The van der Waals surface area contributed by atoms with Gasteiger partial charge in [0.2, 0.25) is 5.95 Å². The van der Waals surface area contributed by atoms with E-state index in [4.69, 9.17) is 19.8 Å². The van der Waals surface area contributed by atoms with Crippen LogP contribution in [0.2, 0.25) is 0 Å². The predicted molar refractivity (Wildman–Crippen MR) is 177 cm³/mol. The van der Waals surface area contributed by atoms with Crippen LogP contribution in [-0.4, -0.2) is 99.2 Å². The van der Waals surface area contributed by atoms with Crippen LogP contribution in [0, 0.1) is 11.8 Å². The van der Waals surface area contributed by atoms with Crippen molar-refractivity contribution in [3.8, 4) is 0 Å². The Kier molecular flexibility index (Phi) is 14.8. The molecule has 0 amide bonds. The van der Waals surface area contributed by atoms with Gasteiger partial charge in [0.1, 0.15) is 11.6 Å². The van der Waals surface area contributed by atoms with E-state index in [1.54, 1.807) is 0 Å². The van der Waals surface area contributed by atoms with Crippen molar-refractivity contribution in [3.05, 3.63) is 6.07 Å². The first kappa shape index (κ1) is 34.4. The Hall–Kier alpha value is -1.49. The minimum absolute atomic E-state index is 0.397. The second-order valence-electron chi connectivity index (χ2n) is 12.6. The third-order valence-corrected chi connectivity index (χ3v) is 11.3. The molecular weight excluding hydrogens is 563 g/mol. The molecule has 0 atom stereocenters. The van der Waals surface area contributed by atoms with Crippen molar-refractivity contribution < 1.29 is 13.6 Å². The SMILES string of the molecule is CCOP(=O)(CCN1CCN(c2cc(N)nc(NC[C@H]3CC[C@@H](CNCCCNC4CCCCC4)CC3)n2)CC1)OCC. The van der Waals surface area contributed by atoms with Crippen molar-refractivity contribution in [2.24, 2.45) is 11.8 Å². The van der Waals surface area contributed by atoms with Crippen molar-refractivity contribution in [1.29, 1.82) is 0 Å². The first-order valence-electron chi connectivity index (χ1n) is 17.1. The second-order valence-corrected chi connectivity index (χ2v) is 14.8. The highest BCUT2D eigenvalue weighted by Crippen LogP contribution is 2.47. The van der Waals surface area contributed by atoms with Crippen LogP contribution in [-0.2, 0) is 13.6 Å². The standard InChI is InChI=1S/C31H59N8O3P/c1-3-41-43(40,42-4-2)22-21-38-17-19-39(20-18-38)30-23-29(32)36-31(37-30)35-25-27-13-11-26(12-14-27)24-33-15-8-16-34-28-9-6-5-7-10-28/h23,26-28,33-34H,3-22,24-25H2,1-2H3,(H3,32,35,36,37)/t26-,27+.